The summed E-state index contributed by atoms with van der Waals surface area (Å²) in [4.78, 5) is 103. The topological polar surface area (TPSA) is 185 Å². The van der Waals surface area contributed by atoms with E-state index < -0.39 is 11.2 Å². The third kappa shape index (κ3) is 9.67. The van der Waals surface area contributed by atoms with Crippen molar-refractivity contribution in [2.24, 2.45) is 0 Å². The molecule has 18 heteroatoms. The lowest BCUT2D eigenvalue weighted by atomic mass is 9.73. The molecule has 6 amide bonds. The molecule has 4 saturated heterocycles. The van der Waals surface area contributed by atoms with Crippen molar-refractivity contribution < 1.29 is 33.2 Å². The van der Waals surface area contributed by atoms with Crippen molar-refractivity contribution in [1.29, 1.82) is 0 Å². The summed E-state index contributed by atoms with van der Waals surface area (Å²) in [5.74, 6) is -0.878. The molecule has 1 spiro atoms. The van der Waals surface area contributed by atoms with E-state index in [-0.39, 0.29) is 84.2 Å². The molecule has 0 bridgehead atoms. The summed E-state index contributed by atoms with van der Waals surface area (Å²) in [7, 11) is 0. The summed E-state index contributed by atoms with van der Waals surface area (Å²) in [6.45, 7) is 14.2. The standard InChI is InChI=1S/C66H74FN11O6/c1-38(2)70-61(80)49-34-53(51(67)29-40(49)5)72-60-59-54(69-37-76(59)39(3)4)35-52(71-60)43-15-17-50-56(31-43)77(47-32-46(33-47)73-23-7-6-8-24-73)65(84)66(50)21-27-75(28-22-66)62(81)44-12-9-11-42(30-44)41-19-25-74(26-20-41)55-14-10-13-48-58(55)64(83)78(63(48)82)45-16-18-57(79)68-36-45/h9-15,17,29-31,34-35,37-39,41,45-47H,6-8,16,18-28,32-33,36H2,1-5H3,(H,68,79)(H,70,80)(H,71,72). The highest BCUT2D eigenvalue weighted by Gasteiger charge is 2.56. The van der Waals surface area contributed by atoms with Crippen LogP contribution in [0.4, 0.5) is 27.3 Å². The summed E-state index contributed by atoms with van der Waals surface area (Å²) in [6.07, 6.45) is 10.5. The number of amides is 6. The second-order valence-electron chi connectivity index (χ2n) is 25.1. The molecule has 8 heterocycles. The van der Waals surface area contributed by atoms with Crippen LogP contribution in [0, 0.1) is 12.7 Å². The van der Waals surface area contributed by atoms with Gasteiger partial charge in [0.25, 0.3) is 23.6 Å². The second-order valence-corrected chi connectivity index (χ2v) is 25.1. The van der Waals surface area contributed by atoms with Crippen LogP contribution in [0.3, 0.4) is 0 Å². The number of halogens is 1. The normalized spacial score (nSPS) is 21.8. The Bertz CT molecular complexity index is 3650. The fourth-order valence-electron chi connectivity index (χ4n) is 14.6. The first-order chi connectivity index (χ1) is 40.5. The third-order valence-corrected chi connectivity index (χ3v) is 19.3. The number of carbonyl (C=O) groups excluding carboxylic acids is 6. The number of fused-ring (bicyclic) bond motifs is 4. The number of rotatable bonds is 12. The number of pyridine rings is 1. The van der Waals surface area contributed by atoms with Gasteiger partial charge in [0.05, 0.1) is 51.5 Å². The molecule has 6 aromatic rings. The van der Waals surface area contributed by atoms with Crippen LogP contribution in [0.25, 0.3) is 22.3 Å². The van der Waals surface area contributed by atoms with Crippen LogP contribution in [0.1, 0.15) is 168 Å². The van der Waals surface area contributed by atoms with Crippen LogP contribution in [0.5, 0.6) is 0 Å². The van der Waals surface area contributed by atoms with Gasteiger partial charge in [0, 0.05) is 85.7 Å². The van der Waals surface area contributed by atoms with Crippen molar-refractivity contribution in [1.82, 2.24) is 39.9 Å². The lowest BCUT2D eigenvalue weighted by Crippen LogP contribution is -2.58. The Morgan fingerprint density at radius 2 is 1.54 bits per heavy atom. The van der Waals surface area contributed by atoms with E-state index >= 15 is 9.18 Å². The van der Waals surface area contributed by atoms with Crippen LogP contribution in [0.15, 0.2) is 85.2 Å². The summed E-state index contributed by atoms with van der Waals surface area (Å²) >= 11 is 0. The van der Waals surface area contributed by atoms with Crippen molar-refractivity contribution in [3.63, 3.8) is 0 Å². The zero-order valence-electron chi connectivity index (χ0n) is 48.7. The fourth-order valence-corrected chi connectivity index (χ4v) is 14.6. The predicted molar refractivity (Wildman–Crippen MR) is 321 cm³/mol. The molecule has 1 saturated carbocycles. The molecule has 7 aliphatic rings. The van der Waals surface area contributed by atoms with Crippen molar-refractivity contribution in [2.45, 2.75) is 147 Å². The minimum Gasteiger partial charge on any atom is -0.371 e. The first kappa shape index (κ1) is 55.2. The maximum absolute atomic E-state index is 16.0. The lowest BCUT2D eigenvalue weighted by Gasteiger charge is -2.48. The summed E-state index contributed by atoms with van der Waals surface area (Å²) in [5.41, 5.74) is 8.08. The van der Waals surface area contributed by atoms with Gasteiger partial charge in [0.15, 0.2) is 5.82 Å². The van der Waals surface area contributed by atoms with E-state index in [0.717, 1.165) is 66.8 Å². The van der Waals surface area contributed by atoms with Crippen molar-refractivity contribution in [2.75, 3.05) is 60.9 Å². The number of aromatic nitrogens is 3. The first-order valence-electron chi connectivity index (χ1n) is 30.4. The van der Waals surface area contributed by atoms with Gasteiger partial charge in [0.1, 0.15) is 11.3 Å². The SMILES string of the molecule is Cc1cc(F)c(Nc2nc(-c3ccc4c(c3)N(C3CC(N5CCCCC5)C3)C(=O)C43CCN(C(=O)c4cccc(C5CCN(c6cccc7c6C(=O)N(C6CCC(=O)NC6)C7=O)CC5)c4)CC3)cc3ncn(C(C)C)c23)cc1C(=O)NC(C)C. The Labute approximate surface area is 489 Å². The molecule has 1 atom stereocenters. The molecule has 5 fully saturated rings. The number of nitrogens with zero attached hydrogens (tertiary/aromatic N) is 8. The fraction of sp³-hybridized carbons (Fsp3) is 0.455. The number of carbonyl (C=O) groups is 6. The molecule has 2 aromatic heterocycles. The number of aryl methyl sites for hydroxylation is 1. The van der Waals surface area contributed by atoms with E-state index in [9.17, 15) is 24.0 Å². The van der Waals surface area contributed by atoms with Gasteiger partial charge < -0.3 is 40.1 Å². The number of imidazole rings is 1. The molecule has 84 heavy (non-hydrogen) atoms. The molecule has 4 aromatic carbocycles. The largest absolute Gasteiger partial charge is 0.371 e. The van der Waals surface area contributed by atoms with E-state index in [4.69, 9.17) is 9.97 Å². The van der Waals surface area contributed by atoms with Crippen LogP contribution in [-0.4, -0.2) is 135 Å². The summed E-state index contributed by atoms with van der Waals surface area (Å²) < 4.78 is 18.0. The van der Waals surface area contributed by atoms with E-state index in [1.807, 2.05) is 79.6 Å². The molecule has 1 aliphatic carbocycles. The number of nitrogens with one attached hydrogen (secondary N) is 3. The average Bonchev–Trinajstić information content (AvgIpc) is 1.72. The molecule has 3 N–H and O–H groups in total. The number of hydrogen-bond donors (Lipinski definition) is 3. The van der Waals surface area contributed by atoms with Gasteiger partial charge in [-0.2, -0.15) is 0 Å². The minimum absolute atomic E-state index is 0.00819. The van der Waals surface area contributed by atoms with E-state index in [1.54, 1.807) is 25.4 Å². The van der Waals surface area contributed by atoms with E-state index in [0.29, 0.717) is 102 Å². The maximum Gasteiger partial charge on any atom is 0.263 e. The van der Waals surface area contributed by atoms with E-state index in [2.05, 4.69) is 48.8 Å². The number of hydrogen-bond acceptors (Lipinski definition) is 11. The Hall–Kier alpha value is -7.99. The summed E-state index contributed by atoms with van der Waals surface area (Å²) in [5, 5.41) is 9.03. The highest BCUT2D eigenvalue weighted by Crippen LogP contribution is 2.53. The van der Waals surface area contributed by atoms with Crippen molar-refractivity contribution in [3.05, 3.63) is 130 Å². The second kappa shape index (κ2) is 21.9. The van der Waals surface area contributed by atoms with Crippen LogP contribution < -0.4 is 25.8 Å². The van der Waals surface area contributed by atoms with Gasteiger partial charge in [0.2, 0.25) is 11.8 Å². The number of likely N-dealkylation sites (tertiary alicyclic amines) is 2. The first-order valence-corrected chi connectivity index (χ1v) is 30.4. The molecule has 1 unspecified atom stereocenters. The number of imide groups is 1. The molecular weight excluding hydrogens is 1060 g/mol. The molecular formula is C66H74FN11O6. The van der Waals surface area contributed by atoms with Crippen molar-refractivity contribution >= 4 is 69.4 Å². The highest BCUT2D eigenvalue weighted by molar-refractivity contribution is 6.24. The zero-order chi connectivity index (χ0) is 58.3. The minimum atomic E-state index is -0.818. The molecule has 0 radical (unpaired) electrons. The van der Waals surface area contributed by atoms with Crippen LogP contribution >= 0.6 is 0 Å². The Morgan fingerprint density at radius 3 is 2.26 bits per heavy atom. The molecule has 17 nitrogen and oxygen atoms in total. The molecule has 13 rings (SSSR count). The molecule has 436 valence electrons. The van der Waals surface area contributed by atoms with E-state index in [1.165, 1.54) is 30.2 Å². The Morgan fingerprint density at radius 1 is 0.774 bits per heavy atom. The summed E-state index contributed by atoms with van der Waals surface area (Å²) in [6, 6.07) is 24.5. The number of benzene rings is 4. The van der Waals surface area contributed by atoms with Gasteiger partial charge in [-0.15, -0.1) is 0 Å². The third-order valence-electron chi connectivity index (χ3n) is 19.3. The van der Waals surface area contributed by atoms with Crippen molar-refractivity contribution in [3.8, 4) is 11.3 Å². The monoisotopic (exact) mass is 1140 g/mol. The zero-order valence-corrected chi connectivity index (χ0v) is 48.7. The van der Waals surface area contributed by atoms with Crippen LogP contribution in [-0.2, 0) is 15.0 Å². The Balaban J connectivity index is 0.744. The Kier molecular flexibility index (Phi) is 14.4. The van der Waals surface area contributed by atoms with Gasteiger partial charge >= 0.3 is 0 Å². The predicted octanol–water partition coefficient (Wildman–Crippen LogP) is 9.80. The van der Waals surface area contributed by atoms with Crippen LogP contribution in [0.2, 0.25) is 0 Å². The highest BCUT2D eigenvalue weighted by atomic mass is 19.1. The van der Waals surface area contributed by atoms with Gasteiger partial charge in [-0.1, -0.05) is 36.8 Å². The smallest absolute Gasteiger partial charge is 0.263 e. The number of piperidine rings is 4. The van der Waals surface area contributed by atoms with Gasteiger partial charge in [-0.05, 0) is 177 Å². The average molecular weight is 1140 g/mol. The number of anilines is 4. The quantitative estimate of drug-likeness (QED) is 0.0991. The van der Waals surface area contributed by atoms with Gasteiger partial charge in [-0.3, -0.25) is 33.7 Å². The maximum atomic E-state index is 16.0. The lowest BCUT2D eigenvalue weighted by molar-refractivity contribution is -0.126. The molecule has 6 aliphatic heterocycles. The van der Waals surface area contributed by atoms with Gasteiger partial charge in [-0.25, -0.2) is 14.4 Å².